The van der Waals surface area contributed by atoms with Crippen LogP contribution in [0.3, 0.4) is 0 Å². The Labute approximate surface area is 103 Å². The Kier molecular flexibility index (Phi) is 5.63. The van der Waals surface area contributed by atoms with Gasteiger partial charge in [0.2, 0.25) is 5.91 Å². The van der Waals surface area contributed by atoms with Crippen molar-refractivity contribution < 1.29 is 4.79 Å². The molecule has 0 saturated heterocycles. The Hall–Kier alpha value is -1.42. The molecule has 0 spiro atoms. The second-order valence-electron chi connectivity index (χ2n) is 4.26. The third-order valence-electron chi connectivity index (χ3n) is 2.80. The van der Waals surface area contributed by atoms with Crippen LogP contribution in [0.4, 0.5) is 0 Å². The molecular formula is C13H21N3O. The topological polar surface area (TPSA) is 68.0 Å². The molecule has 1 heterocycles. The lowest BCUT2D eigenvalue weighted by atomic mass is 10.0. The van der Waals surface area contributed by atoms with Gasteiger partial charge in [-0.1, -0.05) is 19.4 Å². The van der Waals surface area contributed by atoms with Crippen molar-refractivity contribution in [3.05, 3.63) is 29.6 Å². The van der Waals surface area contributed by atoms with Gasteiger partial charge in [0.15, 0.2) is 0 Å². The lowest BCUT2D eigenvalue weighted by Gasteiger charge is -2.11. The molecular weight excluding hydrogens is 214 g/mol. The second-order valence-corrected chi connectivity index (χ2v) is 4.26. The first-order valence-electron chi connectivity index (χ1n) is 6.05. The number of amides is 1. The summed E-state index contributed by atoms with van der Waals surface area (Å²) in [5, 5.41) is 2.87. The zero-order valence-corrected chi connectivity index (χ0v) is 10.6. The number of hydrogen-bond acceptors (Lipinski definition) is 3. The van der Waals surface area contributed by atoms with Crippen molar-refractivity contribution in [3.8, 4) is 0 Å². The summed E-state index contributed by atoms with van der Waals surface area (Å²) < 4.78 is 0. The quantitative estimate of drug-likeness (QED) is 0.782. The van der Waals surface area contributed by atoms with Gasteiger partial charge in [0.05, 0.1) is 12.2 Å². The molecule has 4 nitrogen and oxygen atoms in total. The Morgan fingerprint density at radius 3 is 2.88 bits per heavy atom. The van der Waals surface area contributed by atoms with Crippen molar-refractivity contribution in [2.24, 2.45) is 11.7 Å². The number of carbonyl (C=O) groups excluding carboxylic acids is 1. The van der Waals surface area contributed by atoms with Crippen molar-refractivity contribution in [1.82, 2.24) is 10.3 Å². The van der Waals surface area contributed by atoms with Gasteiger partial charge in [0.25, 0.3) is 0 Å². The van der Waals surface area contributed by atoms with Gasteiger partial charge >= 0.3 is 0 Å². The summed E-state index contributed by atoms with van der Waals surface area (Å²) >= 11 is 0. The zero-order valence-electron chi connectivity index (χ0n) is 10.6. The third-order valence-corrected chi connectivity index (χ3v) is 2.80. The van der Waals surface area contributed by atoms with Crippen molar-refractivity contribution in [3.63, 3.8) is 0 Å². The van der Waals surface area contributed by atoms with Crippen molar-refractivity contribution in [2.45, 2.75) is 33.2 Å². The van der Waals surface area contributed by atoms with Crippen LogP contribution in [0.25, 0.3) is 0 Å². The minimum atomic E-state index is 0.0469. The van der Waals surface area contributed by atoms with Crippen molar-refractivity contribution in [1.29, 1.82) is 0 Å². The summed E-state index contributed by atoms with van der Waals surface area (Å²) in [6, 6.07) is 5.79. The van der Waals surface area contributed by atoms with Crippen LogP contribution in [0.2, 0.25) is 0 Å². The Bertz CT molecular complexity index is 361. The summed E-state index contributed by atoms with van der Waals surface area (Å²) in [6.45, 7) is 5.04. The van der Waals surface area contributed by atoms with Crippen LogP contribution in [0, 0.1) is 12.8 Å². The zero-order chi connectivity index (χ0) is 12.7. The van der Waals surface area contributed by atoms with Crippen LogP contribution in [0.5, 0.6) is 0 Å². The predicted octanol–water partition coefficient (Wildman–Crippen LogP) is 1.38. The maximum absolute atomic E-state index is 11.6. The monoisotopic (exact) mass is 235 g/mol. The highest BCUT2D eigenvalue weighted by molar-refractivity contribution is 5.76. The predicted molar refractivity (Wildman–Crippen MR) is 68.3 cm³/mol. The highest BCUT2D eigenvalue weighted by Crippen LogP contribution is 2.05. The molecule has 0 aliphatic heterocycles. The Morgan fingerprint density at radius 1 is 1.53 bits per heavy atom. The number of carbonyl (C=O) groups is 1. The average Bonchev–Trinajstić information content (AvgIpc) is 2.33. The second kappa shape index (κ2) is 7.01. The molecule has 0 aliphatic carbocycles. The molecule has 1 atom stereocenters. The lowest BCUT2D eigenvalue weighted by molar-refractivity contribution is -0.122. The fourth-order valence-corrected chi connectivity index (χ4v) is 1.62. The summed E-state index contributed by atoms with van der Waals surface area (Å²) in [5.74, 6) is 0.325. The number of rotatable bonds is 6. The first-order valence-corrected chi connectivity index (χ1v) is 6.05. The van der Waals surface area contributed by atoms with E-state index in [0.29, 0.717) is 19.5 Å². The maximum atomic E-state index is 11.6. The normalized spacial score (nSPS) is 12.2. The number of nitrogens with two attached hydrogens (primary N) is 1. The Balaban J connectivity index is 2.38. The van der Waals surface area contributed by atoms with E-state index >= 15 is 0 Å². The van der Waals surface area contributed by atoms with E-state index in [4.69, 9.17) is 5.73 Å². The molecule has 0 fully saturated rings. The molecule has 0 bridgehead atoms. The molecule has 1 aromatic rings. The first-order chi connectivity index (χ1) is 8.15. The molecule has 0 radical (unpaired) electrons. The summed E-state index contributed by atoms with van der Waals surface area (Å²) in [7, 11) is 0. The molecule has 17 heavy (non-hydrogen) atoms. The summed E-state index contributed by atoms with van der Waals surface area (Å²) in [6.07, 6.45) is 1.44. The van der Waals surface area contributed by atoms with Gasteiger partial charge in [0, 0.05) is 12.1 Å². The number of hydrogen-bond donors (Lipinski definition) is 2. The molecule has 1 aromatic heterocycles. The van der Waals surface area contributed by atoms with Gasteiger partial charge in [-0.3, -0.25) is 9.78 Å². The summed E-state index contributed by atoms with van der Waals surface area (Å²) in [5.41, 5.74) is 7.42. The van der Waals surface area contributed by atoms with Gasteiger partial charge < -0.3 is 11.1 Å². The number of nitrogens with one attached hydrogen (secondary N) is 1. The minimum Gasteiger partial charge on any atom is -0.350 e. The van der Waals surface area contributed by atoms with Crippen LogP contribution < -0.4 is 11.1 Å². The number of aromatic nitrogens is 1. The fraction of sp³-hybridized carbons (Fsp3) is 0.538. The minimum absolute atomic E-state index is 0.0469. The highest BCUT2D eigenvalue weighted by Gasteiger charge is 2.10. The van der Waals surface area contributed by atoms with Crippen LogP contribution in [0.1, 0.15) is 31.2 Å². The summed E-state index contributed by atoms with van der Waals surface area (Å²) in [4.78, 5) is 16.0. The largest absolute Gasteiger partial charge is 0.350 e. The molecule has 94 valence electrons. The lowest BCUT2D eigenvalue weighted by Crippen LogP contribution is -2.27. The van der Waals surface area contributed by atoms with Crippen LogP contribution in [0.15, 0.2) is 18.2 Å². The maximum Gasteiger partial charge on any atom is 0.220 e. The number of aryl methyl sites for hydroxylation is 1. The van der Waals surface area contributed by atoms with Crippen molar-refractivity contribution >= 4 is 5.91 Å². The van der Waals surface area contributed by atoms with Gasteiger partial charge in [-0.2, -0.15) is 0 Å². The standard InChI is InChI=1S/C13H21N3O/c1-3-11(8-14)7-13(17)15-9-12-6-4-5-10(2)16-12/h4-6,11H,3,7-9,14H2,1-2H3,(H,15,17). The van der Waals surface area contributed by atoms with Gasteiger partial charge in [-0.05, 0) is 31.5 Å². The SMILES string of the molecule is CCC(CN)CC(=O)NCc1cccc(C)n1. The van der Waals surface area contributed by atoms with Gasteiger partial charge in [0.1, 0.15) is 0 Å². The molecule has 1 rings (SSSR count). The van der Waals surface area contributed by atoms with E-state index in [1.807, 2.05) is 32.0 Å². The van der Waals surface area contributed by atoms with E-state index in [2.05, 4.69) is 10.3 Å². The molecule has 3 N–H and O–H groups in total. The average molecular weight is 235 g/mol. The van der Waals surface area contributed by atoms with Crippen molar-refractivity contribution in [2.75, 3.05) is 6.54 Å². The van der Waals surface area contributed by atoms with Crippen LogP contribution >= 0.6 is 0 Å². The molecule has 0 aliphatic rings. The smallest absolute Gasteiger partial charge is 0.220 e. The Morgan fingerprint density at radius 2 is 2.29 bits per heavy atom. The van der Waals surface area contributed by atoms with E-state index in [-0.39, 0.29) is 11.8 Å². The van der Waals surface area contributed by atoms with E-state index in [0.717, 1.165) is 17.8 Å². The molecule has 4 heteroatoms. The fourth-order valence-electron chi connectivity index (χ4n) is 1.62. The number of pyridine rings is 1. The van der Waals surface area contributed by atoms with Crippen LogP contribution in [-0.4, -0.2) is 17.4 Å². The van der Waals surface area contributed by atoms with Gasteiger partial charge in [-0.15, -0.1) is 0 Å². The number of nitrogens with zero attached hydrogens (tertiary/aromatic N) is 1. The molecule has 1 unspecified atom stereocenters. The van der Waals surface area contributed by atoms with Crippen LogP contribution in [-0.2, 0) is 11.3 Å². The van der Waals surface area contributed by atoms with E-state index in [1.165, 1.54) is 0 Å². The molecule has 1 amide bonds. The van der Waals surface area contributed by atoms with E-state index < -0.39 is 0 Å². The van der Waals surface area contributed by atoms with Gasteiger partial charge in [-0.25, -0.2) is 0 Å². The third kappa shape index (κ3) is 4.95. The highest BCUT2D eigenvalue weighted by atomic mass is 16.1. The van der Waals surface area contributed by atoms with E-state index in [1.54, 1.807) is 0 Å². The molecule has 0 aromatic carbocycles. The molecule has 0 saturated carbocycles. The first kappa shape index (κ1) is 13.6. The van der Waals surface area contributed by atoms with E-state index in [9.17, 15) is 4.79 Å².